The number of hydrogen-bond donors (Lipinski definition) is 1. The number of oxazole rings is 1. The summed E-state index contributed by atoms with van der Waals surface area (Å²) in [6.45, 7) is 27.2. The number of fused-ring (bicyclic) bond motifs is 3. The first-order chi connectivity index (χ1) is 25.7. The number of ketones is 1. The highest BCUT2D eigenvalue weighted by Gasteiger charge is 2.42. The summed E-state index contributed by atoms with van der Waals surface area (Å²) in [5.41, 5.74) is 1.08. The molecule has 0 radical (unpaired) electrons. The third kappa shape index (κ3) is 12.4. The number of esters is 1. The van der Waals surface area contributed by atoms with Crippen LogP contribution in [-0.2, 0) is 34.7 Å². The number of nitrogens with zero attached hydrogens (tertiary/aromatic N) is 3. The largest absolute Gasteiger partial charge is 0.460 e. The topological polar surface area (TPSA) is 141 Å². The Morgan fingerprint density at radius 3 is 2.38 bits per heavy atom. The Morgan fingerprint density at radius 1 is 1.04 bits per heavy atom. The maximum absolute atomic E-state index is 14.4. The molecule has 1 aromatic heterocycles. The van der Waals surface area contributed by atoms with E-state index in [1.54, 1.807) is 11.0 Å². The zero-order chi connectivity index (χ0) is 40.7. The highest BCUT2D eigenvalue weighted by atomic mass is 28.4. The number of nitrogens with one attached hydrogen (secondary N) is 1. The van der Waals surface area contributed by atoms with Crippen molar-refractivity contribution < 1.29 is 37.5 Å². The van der Waals surface area contributed by atoms with Gasteiger partial charge in [-0.3, -0.25) is 19.3 Å². The smallest absolute Gasteiger partial charge is 0.329 e. The number of carbonyl (C=O) groups excluding carboxylic acids is 4. The van der Waals surface area contributed by atoms with Crippen LogP contribution in [0.25, 0.3) is 0 Å². The van der Waals surface area contributed by atoms with Crippen LogP contribution in [0.4, 0.5) is 0 Å². The number of Topliss-reactive ketones (excluding diaryl/α,β-unsaturated/α-hetero) is 1. The number of rotatable bonds is 6. The zero-order valence-corrected chi connectivity index (χ0v) is 37.2. The van der Waals surface area contributed by atoms with Crippen molar-refractivity contribution in [2.24, 2.45) is 11.8 Å². The molecule has 0 saturated carbocycles. The van der Waals surface area contributed by atoms with Crippen LogP contribution in [0, 0.1) is 11.8 Å². The Morgan fingerprint density at radius 2 is 1.73 bits per heavy atom. The van der Waals surface area contributed by atoms with Gasteiger partial charge in [0, 0.05) is 51.0 Å². The molecular formula is C41H66N4O8Si2. The van der Waals surface area contributed by atoms with Gasteiger partial charge in [-0.15, -0.1) is 0 Å². The molecule has 2 amide bonds. The number of allylic oxidation sites excluding steroid dienone is 2. The van der Waals surface area contributed by atoms with E-state index in [2.05, 4.69) is 75.6 Å². The molecule has 4 heterocycles. The van der Waals surface area contributed by atoms with Crippen LogP contribution in [0.5, 0.6) is 0 Å². The molecule has 1 N–H and O–H groups in total. The molecular weight excluding hydrogens is 733 g/mol. The highest BCUT2D eigenvalue weighted by molar-refractivity contribution is 6.88. The van der Waals surface area contributed by atoms with Crippen molar-refractivity contribution in [3.8, 4) is 0 Å². The maximum Gasteiger partial charge on any atom is 0.329 e. The molecule has 0 aromatic carbocycles. The first kappa shape index (κ1) is 44.5. The van der Waals surface area contributed by atoms with Gasteiger partial charge in [-0.25, -0.2) is 9.78 Å². The molecule has 14 heteroatoms. The second-order valence-electron chi connectivity index (χ2n) is 18.1. The van der Waals surface area contributed by atoms with Gasteiger partial charge in [0.05, 0.1) is 25.7 Å². The van der Waals surface area contributed by atoms with Gasteiger partial charge in [-0.05, 0) is 44.0 Å². The zero-order valence-electron chi connectivity index (χ0n) is 35.2. The van der Waals surface area contributed by atoms with Gasteiger partial charge in [0.25, 0.3) is 5.91 Å². The van der Waals surface area contributed by atoms with Crippen molar-refractivity contribution >= 4 is 45.3 Å². The van der Waals surface area contributed by atoms with E-state index in [0.717, 1.165) is 18.7 Å². The molecule has 2 saturated heterocycles. The molecule has 3 aliphatic rings. The molecule has 0 aliphatic carbocycles. The Kier molecular flexibility index (Phi) is 15.3. The fourth-order valence-corrected chi connectivity index (χ4v) is 9.61. The Bertz CT molecular complexity index is 1620. The summed E-state index contributed by atoms with van der Waals surface area (Å²) in [6.07, 6.45) is 9.13. The SMILES string of the molecule is CC1=CC(O[Si](C)(C)C(C)(C)C)CC(=O)Cc2nc(c([Si](C)(C)C)o2)C(=O)N2CCC[C@@H]2C(=O)O[C@H]([C@@H](C)CN2CCOCC2)[C@H](C)/C=C/C(=O)NCC=C1. The van der Waals surface area contributed by atoms with E-state index in [0.29, 0.717) is 51.1 Å². The van der Waals surface area contributed by atoms with E-state index in [-0.39, 0.29) is 58.9 Å². The molecule has 5 atom stereocenters. The number of cyclic esters (lactones) is 1. The number of hydrogen-bond acceptors (Lipinski definition) is 10. The van der Waals surface area contributed by atoms with Crippen molar-refractivity contribution in [3.05, 3.63) is 47.5 Å². The van der Waals surface area contributed by atoms with Gasteiger partial charge in [0.1, 0.15) is 31.4 Å². The Balaban J connectivity index is 1.71. The van der Waals surface area contributed by atoms with Gasteiger partial charge in [-0.2, -0.15) is 0 Å². The molecule has 3 aliphatic heterocycles. The standard InChI is InChI=1S/C41H66N4O8Si2/c1-28-14-12-18-42-34(47)17-16-29(2)37(30(3)27-44-20-22-50-23-21-44)52-39(49)33-15-13-19-45(33)38(48)36-40(54(7,8)9)51-35(43-36)26-31(46)25-32(24-28)53-55(10,11)41(4,5)6/h12,14,16-17,24,29-30,32-33,37H,13,15,18-23,25-27H2,1-11H3,(H,42,47)/b14-12?,17-16+,28-24?/t29-,30+,32?,33-,37+/m1/s1. The lowest BCUT2D eigenvalue weighted by Crippen LogP contribution is -2.48. The normalized spacial score (nSPS) is 26.2. The summed E-state index contributed by atoms with van der Waals surface area (Å²) in [4.78, 5) is 63.7. The predicted octanol–water partition coefficient (Wildman–Crippen LogP) is 5.42. The van der Waals surface area contributed by atoms with Gasteiger partial charge in [-0.1, -0.05) is 84.1 Å². The number of amides is 2. The minimum atomic E-state index is -2.27. The summed E-state index contributed by atoms with van der Waals surface area (Å²) < 4.78 is 24.9. The quantitative estimate of drug-likeness (QED) is 0.293. The van der Waals surface area contributed by atoms with E-state index in [9.17, 15) is 19.2 Å². The van der Waals surface area contributed by atoms with Crippen molar-refractivity contribution in [2.45, 2.75) is 123 Å². The fourth-order valence-electron chi connectivity index (χ4n) is 7.05. The minimum Gasteiger partial charge on any atom is -0.460 e. The molecule has 1 unspecified atom stereocenters. The second kappa shape index (κ2) is 18.8. The summed E-state index contributed by atoms with van der Waals surface area (Å²) in [5.74, 6) is -1.39. The molecule has 12 nitrogen and oxygen atoms in total. The molecule has 4 rings (SSSR count). The average molecular weight is 799 g/mol. The average Bonchev–Trinajstić information content (AvgIpc) is 3.75. The number of aromatic nitrogens is 1. The number of ether oxygens (including phenoxy) is 2. The van der Waals surface area contributed by atoms with E-state index in [1.165, 1.54) is 6.08 Å². The lowest BCUT2D eigenvalue weighted by atomic mass is 9.92. The van der Waals surface area contributed by atoms with Crippen LogP contribution in [0.2, 0.25) is 37.8 Å². The summed E-state index contributed by atoms with van der Waals surface area (Å²) in [5, 5.41) is 3.34. The van der Waals surface area contributed by atoms with Crippen LogP contribution >= 0.6 is 0 Å². The second-order valence-corrected chi connectivity index (χ2v) is 27.8. The number of morpholine rings is 1. The van der Waals surface area contributed by atoms with E-state index < -0.39 is 40.6 Å². The van der Waals surface area contributed by atoms with Gasteiger partial charge in [0.15, 0.2) is 14.0 Å². The van der Waals surface area contributed by atoms with Crippen molar-refractivity contribution in [2.75, 3.05) is 45.9 Å². The van der Waals surface area contributed by atoms with Crippen LogP contribution in [0.15, 0.2) is 40.4 Å². The summed E-state index contributed by atoms with van der Waals surface area (Å²) >= 11 is 0. The third-order valence-electron chi connectivity index (χ3n) is 11.1. The fraction of sp³-hybridized carbons (Fsp3) is 0.683. The summed E-state index contributed by atoms with van der Waals surface area (Å²) in [7, 11) is -4.55. The first-order valence-electron chi connectivity index (χ1n) is 20.0. The lowest BCUT2D eigenvalue weighted by Gasteiger charge is -2.38. The van der Waals surface area contributed by atoms with Crippen LogP contribution < -0.4 is 10.7 Å². The minimum absolute atomic E-state index is 0.0685. The Hall–Kier alpha value is -3.18. The lowest BCUT2D eigenvalue weighted by molar-refractivity contribution is -0.159. The maximum atomic E-state index is 14.4. The predicted molar refractivity (Wildman–Crippen MR) is 219 cm³/mol. The van der Waals surface area contributed by atoms with E-state index >= 15 is 0 Å². The van der Waals surface area contributed by atoms with Gasteiger partial charge in [0.2, 0.25) is 11.8 Å². The molecule has 55 heavy (non-hydrogen) atoms. The van der Waals surface area contributed by atoms with Crippen molar-refractivity contribution in [1.29, 1.82) is 0 Å². The van der Waals surface area contributed by atoms with Crippen LogP contribution in [-0.4, -0.2) is 119 Å². The van der Waals surface area contributed by atoms with E-state index in [4.69, 9.17) is 18.3 Å². The molecule has 306 valence electrons. The molecule has 2 fully saturated rings. The Labute approximate surface area is 330 Å². The van der Waals surface area contributed by atoms with E-state index in [1.807, 2.05) is 32.1 Å². The van der Waals surface area contributed by atoms with Crippen LogP contribution in [0.3, 0.4) is 0 Å². The van der Waals surface area contributed by atoms with Crippen molar-refractivity contribution in [3.63, 3.8) is 0 Å². The van der Waals surface area contributed by atoms with Crippen LogP contribution in [0.1, 0.15) is 77.2 Å². The third-order valence-corrected chi connectivity index (χ3v) is 17.3. The number of carbonyl (C=O) groups is 4. The van der Waals surface area contributed by atoms with Gasteiger partial charge >= 0.3 is 5.97 Å². The highest BCUT2D eigenvalue weighted by Crippen LogP contribution is 2.38. The van der Waals surface area contributed by atoms with Crippen molar-refractivity contribution in [1.82, 2.24) is 20.1 Å². The molecule has 0 spiro atoms. The first-order valence-corrected chi connectivity index (χ1v) is 26.4. The monoisotopic (exact) mass is 798 g/mol. The summed E-state index contributed by atoms with van der Waals surface area (Å²) in [6, 6.07) is -0.794. The van der Waals surface area contributed by atoms with Gasteiger partial charge < -0.3 is 28.5 Å². The molecule has 1 aromatic rings. The molecule has 2 bridgehead atoms.